The van der Waals surface area contributed by atoms with Crippen LogP contribution in [-0.4, -0.2) is 30.7 Å². The number of nitrogens with zero attached hydrogens (tertiary/aromatic N) is 6. The van der Waals surface area contributed by atoms with Gasteiger partial charge in [-0.05, 0) is 12.1 Å². The summed E-state index contributed by atoms with van der Waals surface area (Å²) in [6, 6.07) is 5.01. The Balaban J connectivity index is 2.18. The van der Waals surface area contributed by atoms with Gasteiger partial charge in [-0.15, -0.1) is 10.2 Å². The van der Waals surface area contributed by atoms with Crippen LogP contribution < -0.4 is 5.56 Å². The van der Waals surface area contributed by atoms with E-state index in [9.17, 15) is 4.79 Å². The van der Waals surface area contributed by atoms with Gasteiger partial charge in [0.25, 0.3) is 11.3 Å². The molecule has 0 aliphatic rings. The van der Waals surface area contributed by atoms with Crippen LogP contribution in [0, 0.1) is 0 Å². The fourth-order valence-corrected chi connectivity index (χ4v) is 2.53. The zero-order valence-corrected chi connectivity index (χ0v) is 14.7. The van der Waals surface area contributed by atoms with Crippen LogP contribution >= 0.6 is 23.2 Å². The maximum absolute atomic E-state index is 12.7. The van der Waals surface area contributed by atoms with E-state index >= 15 is 0 Å². The predicted octanol–water partition coefficient (Wildman–Crippen LogP) is 2.77. The molecule has 0 aliphatic carbocycles. The van der Waals surface area contributed by atoms with Gasteiger partial charge in [-0.25, -0.2) is 0 Å². The van der Waals surface area contributed by atoms with E-state index in [1.54, 1.807) is 18.2 Å². The molecule has 24 heavy (non-hydrogen) atoms. The van der Waals surface area contributed by atoms with Gasteiger partial charge in [-0.2, -0.15) is 19.4 Å². The van der Waals surface area contributed by atoms with E-state index in [1.165, 1.54) is 17.1 Å². The van der Waals surface area contributed by atoms with Gasteiger partial charge >= 0.3 is 0 Å². The zero-order chi connectivity index (χ0) is 17.5. The summed E-state index contributed by atoms with van der Waals surface area (Å²) in [6.07, 6.45) is 2.90. The minimum atomic E-state index is -0.454. The fourth-order valence-electron chi connectivity index (χ4n) is 2.08. The van der Waals surface area contributed by atoms with E-state index in [-0.39, 0.29) is 11.3 Å². The summed E-state index contributed by atoms with van der Waals surface area (Å²) in [4.78, 5) is 12.7. The lowest BCUT2D eigenvalue weighted by molar-refractivity contribution is 0.529. The summed E-state index contributed by atoms with van der Waals surface area (Å²) < 4.78 is 2.58. The molecule has 124 valence electrons. The van der Waals surface area contributed by atoms with Crippen molar-refractivity contribution in [1.82, 2.24) is 24.5 Å². The molecule has 7 nitrogen and oxygen atoms in total. The number of fused-ring (bicyclic) bond motifs is 1. The van der Waals surface area contributed by atoms with Crippen LogP contribution in [0.4, 0.5) is 0 Å². The highest BCUT2D eigenvalue weighted by atomic mass is 35.5. The van der Waals surface area contributed by atoms with Crippen LogP contribution in [0.3, 0.4) is 0 Å². The Bertz CT molecular complexity index is 999. The average Bonchev–Trinajstić information content (AvgIpc) is 2.94. The van der Waals surface area contributed by atoms with E-state index in [0.717, 1.165) is 4.68 Å². The number of rotatable bonds is 2. The van der Waals surface area contributed by atoms with E-state index in [1.807, 2.05) is 20.8 Å². The van der Waals surface area contributed by atoms with Gasteiger partial charge in [0.05, 0.1) is 11.2 Å². The van der Waals surface area contributed by atoms with E-state index in [4.69, 9.17) is 23.2 Å². The molecule has 3 rings (SSSR count). The van der Waals surface area contributed by atoms with E-state index < -0.39 is 5.41 Å². The highest BCUT2D eigenvalue weighted by molar-refractivity contribution is 6.36. The van der Waals surface area contributed by atoms with Crippen molar-refractivity contribution < 1.29 is 0 Å². The Morgan fingerprint density at radius 3 is 2.67 bits per heavy atom. The third-order valence-corrected chi connectivity index (χ3v) is 3.85. The number of benzene rings is 1. The summed E-state index contributed by atoms with van der Waals surface area (Å²) in [5.41, 5.74) is 0.170. The van der Waals surface area contributed by atoms with Gasteiger partial charge < -0.3 is 0 Å². The van der Waals surface area contributed by atoms with Crippen LogP contribution in [0.5, 0.6) is 0 Å². The predicted molar refractivity (Wildman–Crippen MR) is 93.2 cm³/mol. The first kappa shape index (κ1) is 16.6. The Labute approximate surface area is 147 Å². The summed E-state index contributed by atoms with van der Waals surface area (Å²) in [6.45, 7) is 5.70. The second-order valence-corrected chi connectivity index (χ2v) is 7.05. The average molecular weight is 365 g/mol. The van der Waals surface area contributed by atoms with Crippen LogP contribution in [0.25, 0.3) is 5.78 Å². The summed E-state index contributed by atoms with van der Waals surface area (Å²) in [7, 11) is 0. The molecule has 0 saturated heterocycles. The summed E-state index contributed by atoms with van der Waals surface area (Å²) >= 11 is 12.0. The lowest BCUT2D eigenvalue weighted by Gasteiger charge is -2.16. The molecule has 0 amide bonds. The summed E-state index contributed by atoms with van der Waals surface area (Å²) in [5, 5.41) is 17.2. The number of hydrogen-bond donors (Lipinski definition) is 0. The maximum atomic E-state index is 12.7. The maximum Gasteiger partial charge on any atom is 0.298 e. The highest BCUT2D eigenvalue weighted by Gasteiger charge is 2.23. The molecule has 1 aromatic carbocycles. The van der Waals surface area contributed by atoms with E-state index in [2.05, 4.69) is 20.4 Å². The van der Waals surface area contributed by atoms with Crippen LogP contribution in [-0.2, 0) is 5.41 Å². The molecular formula is C15H14Cl2N6O. The third kappa shape index (κ3) is 3.05. The van der Waals surface area contributed by atoms with Crippen molar-refractivity contribution in [2.75, 3.05) is 0 Å². The fraction of sp³-hybridized carbons (Fsp3) is 0.267. The second kappa shape index (κ2) is 5.99. The van der Waals surface area contributed by atoms with Crippen molar-refractivity contribution >= 4 is 35.2 Å². The zero-order valence-electron chi connectivity index (χ0n) is 13.2. The van der Waals surface area contributed by atoms with Gasteiger partial charge in [0.15, 0.2) is 0 Å². The number of aromatic nitrogens is 5. The molecule has 0 N–H and O–H groups in total. The standard InChI is InChI=1S/C15H14Cl2N6O/c1-15(2,3)12-13(24)23(14-20-18-8-22(14)21-12)19-7-9-4-5-10(16)6-11(9)17/h4-8H,1-3H3/b19-7-. The smallest absolute Gasteiger partial charge is 0.265 e. The van der Waals surface area contributed by atoms with E-state index in [0.29, 0.717) is 21.3 Å². The van der Waals surface area contributed by atoms with Gasteiger partial charge in [0, 0.05) is 16.0 Å². The number of halogens is 2. The van der Waals surface area contributed by atoms with Crippen molar-refractivity contribution in [3.05, 3.63) is 56.2 Å². The molecule has 9 heteroatoms. The monoisotopic (exact) mass is 364 g/mol. The molecule has 0 saturated carbocycles. The molecule has 0 atom stereocenters. The van der Waals surface area contributed by atoms with Crippen molar-refractivity contribution in [2.45, 2.75) is 26.2 Å². The minimum Gasteiger partial charge on any atom is -0.265 e. The molecule has 0 spiro atoms. The molecule has 0 bridgehead atoms. The van der Waals surface area contributed by atoms with Gasteiger partial charge in [0.2, 0.25) is 0 Å². The number of hydrogen-bond acceptors (Lipinski definition) is 5. The van der Waals surface area contributed by atoms with Crippen molar-refractivity contribution in [1.29, 1.82) is 0 Å². The van der Waals surface area contributed by atoms with Crippen molar-refractivity contribution in [3.8, 4) is 0 Å². The first-order valence-electron chi connectivity index (χ1n) is 7.10. The lowest BCUT2D eigenvalue weighted by Crippen LogP contribution is -2.33. The normalized spacial score (nSPS) is 12.4. The lowest BCUT2D eigenvalue weighted by atomic mass is 9.93. The van der Waals surface area contributed by atoms with Crippen molar-refractivity contribution in [2.24, 2.45) is 5.10 Å². The molecule has 0 fully saturated rings. The quantitative estimate of drug-likeness (QED) is 0.655. The first-order valence-corrected chi connectivity index (χ1v) is 7.86. The summed E-state index contributed by atoms with van der Waals surface area (Å²) in [5.74, 6) is 0.217. The topological polar surface area (TPSA) is 77.4 Å². The molecule has 2 aromatic heterocycles. The third-order valence-electron chi connectivity index (χ3n) is 3.29. The largest absolute Gasteiger partial charge is 0.298 e. The van der Waals surface area contributed by atoms with Gasteiger partial charge in [0.1, 0.15) is 12.0 Å². The van der Waals surface area contributed by atoms with Crippen molar-refractivity contribution in [3.63, 3.8) is 0 Å². The van der Waals surface area contributed by atoms with Gasteiger partial charge in [-0.3, -0.25) is 4.79 Å². The van der Waals surface area contributed by atoms with Crippen LogP contribution in [0.1, 0.15) is 32.0 Å². The first-order chi connectivity index (χ1) is 11.3. The molecule has 2 heterocycles. The Kier molecular flexibility index (Phi) is 4.15. The molecule has 0 radical (unpaired) electrons. The minimum absolute atomic E-state index is 0.217. The molecule has 0 aliphatic heterocycles. The molecule has 0 unspecified atom stereocenters. The van der Waals surface area contributed by atoms with Gasteiger partial charge in [-0.1, -0.05) is 50.0 Å². The molecular weight excluding hydrogens is 351 g/mol. The SMILES string of the molecule is CC(C)(C)c1nn2cnnc2n(/N=C\c2ccc(Cl)cc2Cl)c1=O. The Morgan fingerprint density at radius 2 is 2.00 bits per heavy atom. The van der Waals surface area contributed by atoms with Crippen LogP contribution in [0.15, 0.2) is 34.4 Å². The molecule has 3 aromatic rings. The Hall–Kier alpha value is -2.25. The van der Waals surface area contributed by atoms with Crippen LogP contribution in [0.2, 0.25) is 10.0 Å². The highest BCUT2D eigenvalue weighted by Crippen LogP contribution is 2.20. The second-order valence-electron chi connectivity index (χ2n) is 6.20. The Morgan fingerprint density at radius 1 is 1.25 bits per heavy atom.